The van der Waals surface area contributed by atoms with Crippen molar-refractivity contribution in [3.8, 4) is 0 Å². The Labute approximate surface area is 133 Å². The normalized spacial score (nSPS) is 21.1. The Kier molecular flexibility index (Phi) is 5.48. The summed E-state index contributed by atoms with van der Waals surface area (Å²) in [6, 6.07) is 5.16. The van der Waals surface area contributed by atoms with E-state index in [2.05, 4.69) is 15.9 Å². The largest absolute Gasteiger partial charge is 0.375 e. The summed E-state index contributed by atoms with van der Waals surface area (Å²) in [5.41, 5.74) is 0.786. The zero-order valence-corrected chi connectivity index (χ0v) is 14.3. The molecule has 0 radical (unpaired) electrons. The SMILES string of the molecule is CCC1CN(S(=O)(=O)c2cc(CCl)ccc2Br)CCO1. The number of hydrogen-bond donors (Lipinski definition) is 0. The molecule has 112 valence electrons. The monoisotopic (exact) mass is 381 g/mol. The molecule has 0 bridgehead atoms. The minimum atomic E-state index is -3.52. The number of sulfonamides is 1. The third-order valence-corrected chi connectivity index (χ3v) is 6.49. The van der Waals surface area contributed by atoms with Crippen LogP contribution >= 0.6 is 27.5 Å². The molecule has 1 aromatic rings. The van der Waals surface area contributed by atoms with Crippen LogP contribution < -0.4 is 0 Å². The van der Waals surface area contributed by atoms with Crippen molar-refractivity contribution in [3.05, 3.63) is 28.2 Å². The van der Waals surface area contributed by atoms with E-state index in [-0.39, 0.29) is 16.9 Å². The summed E-state index contributed by atoms with van der Waals surface area (Å²) < 4.78 is 33.0. The van der Waals surface area contributed by atoms with Crippen LogP contribution in [0.15, 0.2) is 27.6 Å². The van der Waals surface area contributed by atoms with Crippen LogP contribution in [-0.4, -0.2) is 38.5 Å². The Morgan fingerprint density at radius 2 is 2.25 bits per heavy atom. The van der Waals surface area contributed by atoms with Crippen molar-refractivity contribution in [2.24, 2.45) is 0 Å². The molecule has 1 fully saturated rings. The van der Waals surface area contributed by atoms with Crippen molar-refractivity contribution in [2.75, 3.05) is 19.7 Å². The van der Waals surface area contributed by atoms with Gasteiger partial charge in [-0.1, -0.05) is 13.0 Å². The second kappa shape index (κ2) is 6.75. The molecule has 1 saturated heterocycles. The molecule has 1 unspecified atom stereocenters. The van der Waals surface area contributed by atoms with E-state index in [0.29, 0.717) is 24.2 Å². The maximum atomic E-state index is 12.7. The molecule has 0 spiro atoms. The molecule has 1 heterocycles. The van der Waals surface area contributed by atoms with Crippen LogP contribution in [0.1, 0.15) is 18.9 Å². The lowest BCUT2D eigenvalue weighted by molar-refractivity contribution is -0.00279. The number of halogens is 2. The van der Waals surface area contributed by atoms with E-state index < -0.39 is 10.0 Å². The molecule has 7 heteroatoms. The van der Waals surface area contributed by atoms with Crippen LogP contribution in [0.2, 0.25) is 0 Å². The van der Waals surface area contributed by atoms with Gasteiger partial charge >= 0.3 is 0 Å². The number of hydrogen-bond acceptors (Lipinski definition) is 3. The number of alkyl halides is 1. The van der Waals surface area contributed by atoms with Crippen LogP contribution in [0.4, 0.5) is 0 Å². The van der Waals surface area contributed by atoms with Gasteiger partial charge in [-0.2, -0.15) is 4.31 Å². The Hall–Kier alpha value is -0.140. The molecule has 1 aliphatic heterocycles. The Morgan fingerprint density at radius 3 is 2.90 bits per heavy atom. The van der Waals surface area contributed by atoms with Gasteiger partial charge in [0.2, 0.25) is 10.0 Å². The van der Waals surface area contributed by atoms with E-state index in [9.17, 15) is 8.42 Å². The smallest absolute Gasteiger partial charge is 0.244 e. The summed E-state index contributed by atoms with van der Waals surface area (Å²) in [5, 5.41) is 0. The van der Waals surface area contributed by atoms with Crippen LogP contribution in [-0.2, 0) is 20.6 Å². The Bertz CT molecular complexity index is 579. The van der Waals surface area contributed by atoms with E-state index in [1.807, 2.05) is 13.0 Å². The average Bonchev–Trinajstić information content (AvgIpc) is 2.47. The van der Waals surface area contributed by atoms with Crippen LogP contribution in [0.25, 0.3) is 0 Å². The Morgan fingerprint density at radius 1 is 1.50 bits per heavy atom. The van der Waals surface area contributed by atoms with Crippen molar-refractivity contribution in [1.82, 2.24) is 4.31 Å². The van der Waals surface area contributed by atoms with E-state index >= 15 is 0 Å². The molecule has 20 heavy (non-hydrogen) atoms. The zero-order chi connectivity index (χ0) is 14.8. The van der Waals surface area contributed by atoms with Gasteiger partial charge in [-0.05, 0) is 40.0 Å². The van der Waals surface area contributed by atoms with Crippen molar-refractivity contribution in [2.45, 2.75) is 30.2 Å². The minimum absolute atomic E-state index is 0.0338. The lowest BCUT2D eigenvalue weighted by atomic mass is 10.2. The van der Waals surface area contributed by atoms with E-state index in [1.165, 1.54) is 4.31 Å². The van der Waals surface area contributed by atoms with Crippen molar-refractivity contribution in [3.63, 3.8) is 0 Å². The van der Waals surface area contributed by atoms with Crippen LogP contribution in [0.3, 0.4) is 0 Å². The van der Waals surface area contributed by atoms with Crippen LogP contribution in [0.5, 0.6) is 0 Å². The average molecular weight is 383 g/mol. The fourth-order valence-electron chi connectivity index (χ4n) is 2.13. The minimum Gasteiger partial charge on any atom is -0.375 e. The third-order valence-electron chi connectivity index (χ3n) is 3.32. The van der Waals surface area contributed by atoms with Gasteiger partial charge < -0.3 is 4.74 Å². The highest BCUT2D eigenvalue weighted by molar-refractivity contribution is 9.10. The number of benzene rings is 1. The molecule has 0 saturated carbocycles. The molecule has 1 aromatic carbocycles. The predicted molar refractivity (Wildman–Crippen MR) is 82.5 cm³/mol. The molecule has 0 amide bonds. The maximum Gasteiger partial charge on any atom is 0.244 e. The van der Waals surface area contributed by atoms with Gasteiger partial charge in [-0.15, -0.1) is 11.6 Å². The third kappa shape index (κ3) is 3.36. The van der Waals surface area contributed by atoms with Gasteiger partial charge in [0.25, 0.3) is 0 Å². The summed E-state index contributed by atoms with van der Waals surface area (Å²) in [6.07, 6.45) is 0.767. The molecule has 0 aliphatic carbocycles. The fourth-order valence-corrected chi connectivity index (χ4v) is 4.72. The first-order valence-electron chi connectivity index (χ1n) is 6.45. The highest BCUT2D eigenvalue weighted by atomic mass is 79.9. The molecule has 2 rings (SSSR count). The first kappa shape index (κ1) is 16.2. The molecule has 0 aromatic heterocycles. The fraction of sp³-hybridized carbons (Fsp3) is 0.538. The van der Waals surface area contributed by atoms with Gasteiger partial charge in [-0.3, -0.25) is 0 Å². The molecule has 0 N–H and O–H groups in total. The molecular formula is C13H17BrClNO3S. The standard InChI is InChI=1S/C13H17BrClNO3S/c1-2-11-9-16(5-6-19-11)20(17,18)13-7-10(8-15)3-4-12(13)14/h3-4,7,11H,2,5-6,8-9H2,1H3. The first-order valence-corrected chi connectivity index (χ1v) is 9.22. The number of nitrogens with zero attached hydrogens (tertiary/aromatic N) is 1. The first-order chi connectivity index (χ1) is 9.48. The van der Waals surface area contributed by atoms with Gasteiger partial charge in [0.05, 0.1) is 17.6 Å². The van der Waals surface area contributed by atoms with E-state index in [4.69, 9.17) is 16.3 Å². The highest BCUT2D eigenvalue weighted by Gasteiger charge is 2.31. The second-order valence-electron chi connectivity index (χ2n) is 4.66. The number of morpholine rings is 1. The van der Waals surface area contributed by atoms with Crippen molar-refractivity contribution >= 4 is 37.6 Å². The zero-order valence-electron chi connectivity index (χ0n) is 11.2. The lowest BCUT2D eigenvalue weighted by Crippen LogP contribution is -2.45. The maximum absolute atomic E-state index is 12.7. The van der Waals surface area contributed by atoms with E-state index in [0.717, 1.165) is 12.0 Å². The van der Waals surface area contributed by atoms with Crippen molar-refractivity contribution < 1.29 is 13.2 Å². The van der Waals surface area contributed by atoms with Gasteiger partial charge in [0, 0.05) is 23.4 Å². The summed E-state index contributed by atoms with van der Waals surface area (Å²) in [7, 11) is -3.52. The van der Waals surface area contributed by atoms with E-state index in [1.54, 1.807) is 12.1 Å². The lowest BCUT2D eigenvalue weighted by Gasteiger charge is -2.31. The Balaban J connectivity index is 2.34. The second-order valence-corrected chi connectivity index (χ2v) is 7.69. The summed E-state index contributed by atoms with van der Waals surface area (Å²) in [4.78, 5) is 0.271. The highest BCUT2D eigenvalue weighted by Crippen LogP contribution is 2.28. The van der Waals surface area contributed by atoms with Crippen LogP contribution in [0, 0.1) is 0 Å². The number of rotatable bonds is 4. The summed E-state index contributed by atoms with van der Waals surface area (Å²) in [5.74, 6) is 0.288. The molecule has 1 atom stereocenters. The number of ether oxygens (including phenoxy) is 1. The van der Waals surface area contributed by atoms with Gasteiger partial charge in [0.1, 0.15) is 0 Å². The van der Waals surface area contributed by atoms with Gasteiger partial charge in [0.15, 0.2) is 0 Å². The molecule has 1 aliphatic rings. The predicted octanol–water partition coefficient (Wildman–Crippen LogP) is 2.99. The molecule has 4 nitrogen and oxygen atoms in total. The topological polar surface area (TPSA) is 46.6 Å². The van der Waals surface area contributed by atoms with Gasteiger partial charge in [-0.25, -0.2) is 8.42 Å². The van der Waals surface area contributed by atoms with Crippen molar-refractivity contribution in [1.29, 1.82) is 0 Å². The summed E-state index contributed by atoms with van der Waals surface area (Å²) in [6.45, 7) is 3.21. The quantitative estimate of drug-likeness (QED) is 0.752. The molecular weight excluding hydrogens is 366 g/mol. The summed E-state index contributed by atoms with van der Waals surface area (Å²) >= 11 is 9.10.